The molecule has 0 saturated heterocycles. The molecule has 6 heteroatoms. The van der Waals surface area contributed by atoms with E-state index in [0.29, 0.717) is 11.4 Å². The number of para-hydroxylation sites is 2. The molecule has 17 heavy (non-hydrogen) atoms. The fourth-order valence-electron chi connectivity index (χ4n) is 1.17. The maximum absolute atomic E-state index is 11.5. The molecule has 0 aliphatic heterocycles. The van der Waals surface area contributed by atoms with Crippen LogP contribution < -0.4 is 15.4 Å². The summed E-state index contributed by atoms with van der Waals surface area (Å²) < 4.78 is 9.41. The molecule has 2 N–H and O–H groups in total. The van der Waals surface area contributed by atoms with E-state index < -0.39 is 6.09 Å². The van der Waals surface area contributed by atoms with Crippen LogP contribution in [0.1, 0.15) is 0 Å². The molecular weight excluding hydrogens is 224 g/mol. The fourth-order valence-corrected chi connectivity index (χ4v) is 1.17. The van der Waals surface area contributed by atoms with Gasteiger partial charge in [0.1, 0.15) is 12.3 Å². The molecule has 0 unspecified atom stereocenters. The van der Waals surface area contributed by atoms with Gasteiger partial charge < -0.3 is 20.1 Å². The number of benzene rings is 1. The number of anilines is 1. The Morgan fingerprint density at radius 3 is 2.59 bits per heavy atom. The molecule has 1 aromatic rings. The molecule has 0 aromatic heterocycles. The van der Waals surface area contributed by atoms with E-state index in [9.17, 15) is 9.59 Å². The fraction of sp³-hybridized carbons (Fsp3) is 0.273. The van der Waals surface area contributed by atoms with Crippen molar-refractivity contribution in [1.29, 1.82) is 0 Å². The summed E-state index contributed by atoms with van der Waals surface area (Å²) >= 11 is 0. The minimum atomic E-state index is -0.653. The highest BCUT2D eigenvalue weighted by Gasteiger charge is 2.08. The maximum atomic E-state index is 11.5. The van der Waals surface area contributed by atoms with Crippen LogP contribution in [-0.2, 0) is 9.53 Å². The van der Waals surface area contributed by atoms with Gasteiger partial charge in [0.15, 0.2) is 0 Å². The van der Waals surface area contributed by atoms with Gasteiger partial charge in [0.05, 0.1) is 19.9 Å². The molecule has 2 amide bonds. The average molecular weight is 238 g/mol. The Labute approximate surface area is 98.9 Å². The van der Waals surface area contributed by atoms with Gasteiger partial charge in [-0.1, -0.05) is 12.1 Å². The summed E-state index contributed by atoms with van der Waals surface area (Å²) in [5.41, 5.74) is 0.548. The van der Waals surface area contributed by atoms with Gasteiger partial charge in [-0.05, 0) is 12.1 Å². The van der Waals surface area contributed by atoms with Crippen LogP contribution in [0, 0.1) is 0 Å². The molecule has 0 aliphatic carbocycles. The molecule has 1 rings (SSSR count). The van der Waals surface area contributed by atoms with E-state index in [1.807, 2.05) is 0 Å². The quantitative estimate of drug-likeness (QED) is 0.820. The van der Waals surface area contributed by atoms with Crippen LogP contribution in [0.4, 0.5) is 10.5 Å². The van der Waals surface area contributed by atoms with Crippen molar-refractivity contribution in [3.63, 3.8) is 0 Å². The van der Waals surface area contributed by atoms with E-state index in [4.69, 9.17) is 4.74 Å². The zero-order valence-electron chi connectivity index (χ0n) is 9.65. The zero-order chi connectivity index (χ0) is 12.7. The predicted octanol–water partition coefficient (Wildman–Crippen LogP) is 0.990. The van der Waals surface area contributed by atoms with E-state index in [1.54, 1.807) is 24.3 Å². The van der Waals surface area contributed by atoms with Gasteiger partial charge in [0.2, 0.25) is 5.91 Å². The molecule has 0 spiro atoms. The number of carbonyl (C=O) groups excluding carboxylic acids is 2. The lowest BCUT2D eigenvalue weighted by atomic mass is 10.3. The summed E-state index contributed by atoms with van der Waals surface area (Å²) in [6, 6.07) is 6.99. The van der Waals surface area contributed by atoms with Gasteiger partial charge >= 0.3 is 6.09 Å². The lowest BCUT2D eigenvalue weighted by molar-refractivity contribution is -0.115. The Morgan fingerprint density at radius 2 is 1.94 bits per heavy atom. The van der Waals surface area contributed by atoms with Gasteiger partial charge in [-0.15, -0.1) is 0 Å². The van der Waals surface area contributed by atoms with Gasteiger partial charge in [0, 0.05) is 0 Å². The summed E-state index contributed by atoms with van der Waals surface area (Å²) in [5.74, 6) is 0.193. The van der Waals surface area contributed by atoms with Gasteiger partial charge in [-0.25, -0.2) is 4.79 Å². The second-order valence-electron chi connectivity index (χ2n) is 3.09. The van der Waals surface area contributed by atoms with Crippen LogP contribution in [-0.4, -0.2) is 32.8 Å². The van der Waals surface area contributed by atoms with Crippen molar-refractivity contribution >= 4 is 17.7 Å². The van der Waals surface area contributed by atoms with Crippen LogP contribution in [0.3, 0.4) is 0 Å². The minimum absolute atomic E-state index is 0.162. The summed E-state index contributed by atoms with van der Waals surface area (Å²) in [4.78, 5) is 22.2. The molecule has 0 fully saturated rings. The number of hydrogen-bond donors (Lipinski definition) is 2. The van der Waals surface area contributed by atoms with Crippen molar-refractivity contribution in [2.45, 2.75) is 0 Å². The first-order valence-electron chi connectivity index (χ1n) is 4.92. The van der Waals surface area contributed by atoms with Crippen molar-refractivity contribution in [2.75, 3.05) is 26.1 Å². The third-order valence-corrected chi connectivity index (χ3v) is 1.96. The summed E-state index contributed by atoms with van der Waals surface area (Å²) in [6.45, 7) is -0.162. The first kappa shape index (κ1) is 12.8. The number of ether oxygens (including phenoxy) is 2. The predicted molar refractivity (Wildman–Crippen MR) is 62.0 cm³/mol. The Kier molecular flexibility index (Phi) is 4.80. The highest BCUT2D eigenvalue weighted by atomic mass is 16.5. The zero-order valence-corrected chi connectivity index (χ0v) is 9.65. The number of nitrogens with one attached hydrogen (secondary N) is 2. The topological polar surface area (TPSA) is 76.7 Å². The third-order valence-electron chi connectivity index (χ3n) is 1.96. The van der Waals surface area contributed by atoms with E-state index >= 15 is 0 Å². The number of alkyl carbamates (subject to hydrolysis) is 1. The lowest BCUT2D eigenvalue weighted by Crippen LogP contribution is -2.32. The van der Waals surface area contributed by atoms with E-state index in [1.165, 1.54) is 14.2 Å². The summed E-state index contributed by atoms with van der Waals surface area (Å²) in [5, 5.41) is 4.88. The SMILES string of the molecule is COC(=O)NCC(=O)Nc1ccccc1OC. The molecule has 0 aliphatic rings. The number of carbonyl (C=O) groups is 2. The minimum Gasteiger partial charge on any atom is -0.495 e. The second-order valence-corrected chi connectivity index (χ2v) is 3.09. The van der Waals surface area contributed by atoms with Gasteiger partial charge in [-0.2, -0.15) is 0 Å². The number of rotatable bonds is 4. The second kappa shape index (κ2) is 6.37. The van der Waals surface area contributed by atoms with Crippen molar-refractivity contribution < 1.29 is 19.1 Å². The number of hydrogen-bond acceptors (Lipinski definition) is 4. The Balaban J connectivity index is 2.53. The molecule has 0 bridgehead atoms. The average Bonchev–Trinajstić information content (AvgIpc) is 2.36. The first-order valence-corrected chi connectivity index (χ1v) is 4.92. The Hall–Kier alpha value is -2.24. The van der Waals surface area contributed by atoms with Crippen molar-refractivity contribution in [1.82, 2.24) is 5.32 Å². The molecule has 6 nitrogen and oxygen atoms in total. The lowest BCUT2D eigenvalue weighted by Gasteiger charge is -2.09. The molecule has 0 atom stereocenters. The Bertz CT molecular complexity index is 406. The molecule has 92 valence electrons. The third kappa shape index (κ3) is 4.02. The maximum Gasteiger partial charge on any atom is 0.407 e. The monoisotopic (exact) mass is 238 g/mol. The molecule has 1 aromatic carbocycles. The van der Waals surface area contributed by atoms with Crippen molar-refractivity contribution in [2.24, 2.45) is 0 Å². The van der Waals surface area contributed by atoms with E-state index in [2.05, 4.69) is 15.4 Å². The molecular formula is C11H14N2O4. The Morgan fingerprint density at radius 1 is 1.24 bits per heavy atom. The van der Waals surface area contributed by atoms with Crippen molar-refractivity contribution in [3.8, 4) is 5.75 Å². The molecule has 0 heterocycles. The van der Waals surface area contributed by atoms with Crippen LogP contribution in [0.2, 0.25) is 0 Å². The molecule has 0 radical (unpaired) electrons. The van der Waals surface area contributed by atoms with Crippen LogP contribution in [0.5, 0.6) is 5.75 Å². The highest BCUT2D eigenvalue weighted by molar-refractivity contribution is 5.95. The van der Waals surface area contributed by atoms with Crippen LogP contribution >= 0.6 is 0 Å². The largest absolute Gasteiger partial charge is 0.495 e. The van der Waals surface area contributed by atoms with Gasteiger partial charge in [0.25, 0.3) is 0 Å². The van der Waals surface area contributed by atoms with Crippen LogP contribution in [0.15, 0.2) is 24.3 Å². The van der Waals surface area contributed by atoms with E-state index in [0.717, 1.165) is 0 Å². The summed E-state index contributed by atoms with van der Waals surface area (Å²) in [7, 11) is 2.74. The normalized spacial score (nSPS) is 9.29. The standard InChI is InChI=1S/C11H14N2O4/c1-16-9-6-4-3-5-8(9)13-10(14)7-12-11(15)17-2/h3-6H,7H2,1-2H3,(H,12,15)(H,13,14). The van der Waals surface area contributed by atoms with Crippen LogP contribution in [0.25, 0.3) is 0 Å². The molecule has 0 saturated carbocycles. The van der Waals surface area contributed by atoms with Crippen molar-refractivity contribution in [3.05, 3.63) is 24.3 Å². The van der Waals surface area contributed by atoms with E-state index in [-0.39, 0.29) is 12.5 Å². The number of amides is 2. The highest BCUT2D eigenvalue weighted by Crippen LogP contribution is 2.22. The van der Waals surface area contributed by atoms with Gasteiger partial charge in [-0.3, -0.25) is 4.79 Å². The summed E-state index contributed by atoms with van der Waals surface area (Å²) in [6.07, 6.45) is -0.653. The smallest absolute Gasteiger partial charge is 0.407 e. The number of methoxy groups -OCH3 is 2. The first-order chi connectivity index (χ1) is 8.17.